The maximum atomic E-state index is 10.5. The molecule has 0 unspecified atom stereocenters. The number of aliphatic hydroxyl groups is 1. The number of rotatable bonds is 6. The van der Waals surface area contributed by atoms with E-state index in [1.165, 1.54) is 6.47 Å². The molecule has 1 aromatic rings. The van der Waals surface area contributed by atoms with Crippen molar-refractivity contribution in [2.75, 3.05) is 0 Å². The van der Waals surface area contributed by atoms with Gasteiger partial charge in [-0.2, -0.15) is 0 Å². The van der Waals surface area contributed by atoms with E-state index in [4.69, 9.17) is 10.8 Å². The number of aliphatic hydroxyl groups excluding tert-OH is 1. The molecule has 0 aliphatic heterocycles. The Balaban J connectivity index is -0.000000963. The topological polar surface area (TPSA) is 98.9 Å². The first kappa shape index (κ1) is 25.7. The van der Waals surface area contributed by atoms with Crippen LogP contribution in [0.5, 0.6) is 0 Å². The molecular weight excluding hydrogens is 590 g/mol. The van der Waals surface area contributed by atoms with Crippen molar-refractivity contribution in [3.63, 3.8) is 0 Å². The Labute approximate surface area is 180 Å². The summed E-state index contributed by atoms with van der Waals surface area (Å²) in [6.07, 6.45) is -0.876. The molecule has 1 rings (SSSR count). The third kappa shape index (κ3) is 10.5. The number of nitrogens with two attached hydrogens (primary N) is 1. The zero-order valence-electron chi connectivity index (χ0n) is 10.5. The molecule has 1 aromatic carbocycles. The molecule has 9 heteroatoms. The summed E-state index contributed by atoms with van der Waals surface area (Å²) in [5.74, 6) is 0. The number of benzene rings is 1. The molecule has 0 atom stereocenters. The van der Waals surface area contributed by atoms with Crippen LogP contribution in [0, 0.1) is 0 Å². The molecule has 0 aliphatic rings. The Bertz CT molecular complexity index is 420. The molecular formula is C11H12NO5ReY2-. The second kappa shape index (κ2) is 14.7. The van der Waals surface area contributed by atoms with Gasteiger partial charge < -0.3 is 25.1 Å². The average Bonchev–Trinajstić information content (AvgIpc) is 2.33. The maximum Gasteiger partial charge on any atom is 0.404 e. The molecule has 20 heavy (non-hydrogen) atoms. The summed E-state index contributed by atoms with van der Waals surface area (Å²) in [5.41, 5.74) is 6.79. The minimum Gasteiger partial charge on any atom is -0.650 e. The number of carbonyl (C=O) groups is 1. The first-order valence-electron chi connectivity index (χ1n) is 4.79. The van der Waals surface area contributed by atoms with Crippen LogP contribution < -0.4 is 5.73 Å². The predicted molar refractivity (Wildman–Crippen MR) is 57.2 cm³/mol. The van der Waals surface area contributed by atoms with E-state index in [-0.39, 0.29) is 106 Å². The molecule has 0 heterocycles. The van der Waals surface area contributed by atoms with E-state index in [9.17, 15) is 9.59 Å². The largest absolute Gasteiger partial charge is 0.650 e. The summed E-state index contributed by atoms with van der Waals surface area (Å²) >= 11 is 0. The third-order valence-electron chi connectivity index (χ3n) is 1.97. The molecule has 0 aromatic heterocycles. The SMILES string of the molecule is NC(=O)OCc1cc(CO)cc(CO[C-]=O)c1.[Re].[Y].[Y]. The molecule has 0 spiro atoms. The van der Waals surface area contributed by atoms with Crippen LogP contribution in [0.4, 0.5) is 4.79 Å². The first-order valence-corrected chi connectivity index (χ1v) is 4.79. The van der Waals surface area contributed by atoms with Crippen LogP contribution in [-0.2, 0) is 120 Å². The second-order valence-corrected chi connectivity index (χ2v) is 3.30. The average molecular weight is 602 g/mol. The summed E-state index contributed by atoms with van der Waals surface area (Å²) in [6.45, 7) is 1.18. The Kier molecular flexibility index (Phi) is 18.9. The minimum atomic E-state index is -0.876. The number of amides is 1. The van der Waals surface area contributed by atoms with Gasteiger partial charge in [-0.25, -0.2) is 4.79 Å². The first-order chi connectivity index (χ1) is 8.15. The van der Waals surface area contributed by atoms with E-state index < -0.39 is 6.09 Å². The van der Waals surface area contributed by atoms with Crippen LogP contribution in [0.3, 0.4) is 0 Å². The van der Waals surface area contributed by atoms with Gasteiger partial charge in [-0.15, -0.1) is 0 Å². The van der Waals surface area contributed by atoms with Crippen molar-refractivity contribution in [2.24, 2.45) is 5.73 Å². The van der Waals surface area contributed by atoms with Gasteiger partial charge in [0, 0.05) is 85.8 Å². The zero-order valence-corrected chi connectivity index (χ0v) is 18.9. The summed E-state index contributed by atoms with van der Waals surface area (Å²) in [5, 5.41) is 9.04. The summed E-state index contributed by atoms with van der Waals surface area (Å²) in [4.78, 5) is 20.4. The number of hydrogen-bond acceptors (Lipinski definition) is 5. The zero-order chi connectivity index (χ0) is 12.7. The molecule has 0 fully saturated rings. The predicted octanol–water partition coefficient (Wildman–Crippen LogP) is 0.351. The minimum absolute atomic E-state index is 0. The smallest absolute Gasteiger partial charge is 0.404 e. The monoisotopic (exact) mass is 603 g/mol. The van der Waals surface area contributed by atoms with Crippen molar-refractivity contribution in [1.82, 2.24) is 0 Å². The fraction of sp³-hybridized carbons (Fsp3) is 0.273. The van der Waals surface area contributed by atoms with E-state index in [1.54, 1.807) is 18.2 Å². The Morgan fingerprint density at radius 3 is 2.10 bits per heavy atom. The Morgan fingerprint density at radius 1 is 1.15 bits per heavy atom. The molecule has 0 saturated heterocycles. The van der Waals surface area contributed by atoms with Crippen molar-refractivity contribution in [3.05, 3.63) is 34.9 Å². The fourth-order valence-electron chi connectivity index (χ4n) is 1.36. The van der Waals surface area contributed by atoms with Gasteiger partial charge >= 0.3 is 6.09 Å². The summed E-state index contributed by atoms with van der Waals surface area (Å²) < 4.78 is 9.11. The van der Waals surface area contributed by atoms with E-state index in [1.807, 2.05) is 0 Å². The summed E-state index contributed by atoms with van der Waals surface area (Å²) in [6, 6.07) is 5.02. The van der Waals surface area contributed by atoms with Crippen LogP contribution in [0.2, 0.25) is 0 Å². The van der Waals surface area contributed by atoms with Crippen LogP contribution in [0.25, 0.3) is 0 Å². The van der Waals surface area contributed by atoms with E-state index in [0.717, 1.165) is 0 Å². The standard InChI is InChI=1S/C11H12NO5.Re.2Y/c12-11(15)17-6-10-2-8(4-13)1-9(3-10)5-16-7-14;;;/h1-3,13H,4-6H2,(H2,12,15);;;/q-1;;;. The van der Waals surface area contributed by atoms with Gasteiger partial charge in [0.1, 0.15) is 6.61 Å². The number of primary amides is 1. The third-order valence-corrected chi connectivity index (χ3v) is 1.97. The van der Waals surface area contributed by atoms with Gasteiger partial charge in [-0.05, 0) is 22.8 Å². The van der Waals surface area contributed by atoms with Gasteiger partial charge in [0.2, 0.25) is 0 Å². The molecule has 0 aliphatic carbocycles. The summed E-state index contributed by atoms with van der Waals surface area (Å²) in [7, 11) is 0. The van der Waals surface area contributed by atoms with Gasteiger partial charge in [0.05, 0.1) is 13.2 Å². The van der Waals surface area contributed by atoms with Crippen LogP contribution in [0.1, 0.15) is 16.7 Å². The normalized spacial score (nSPS) is 8.25. The second-order valence-electron chi connectivity index (χ2n) is 3.30. The van der Waals surface area contributed by atoms with Crippen LogP contribution in [-0.4, -0.2) is 17.7 Å². The van der Waals surface area contributed by atoms with Gasteiger partial charge in [0.25, 0.3) is 0 Å². The quantitative estimate of drug-likeness (QED) is 0.459. The molecule has 6 nitrogen and oxygen atoms in total. The maximum absolute atomic E-state index is 10.5. The Hall–Kier alpha value is 0.790. The van der Waals surface area contributed by atoms with Crippen molar-refractivity contribution in [3.8, 4) is 0 Å². The van der Waals surface area contributed by atoms with Crippen molar-refractivity contribution < 1.29 is 110 Å². The van der Waals surface area contributed by atoms with Crippen LogP contribution >= 0.6 is 0 Å². The number of hydrogen-bond donors (Lipinski definition) is 2. The molecule has 105 valence electrons. The van der Waals surface area contributed by atoms with Gasteiger partial charge in [0.15, 0.2) is 0 Å². The van der Waals surface area contributed by atoms with E-state index in [0.29, 0.717) is 16.7 Å². The van der Waals surface area contributed by atoms with Gasteiger partial charge in [-0.1, -0.05) is 18.6 Å². The number of ether oxygens (including phenoxy) is 2. The van der Waals surface area contributed by atoms with Crippen molar-refractivity contribution in [1.29, 1.82) is 0 Å². The van der Waals surface area contributed by atoms with E-state index >= 15 is 0 Å². The molecule has 3 N–H and O–H groups in total. The van der Waals surface area contributed by atoms with Crippen LogP contribution in [0.15, 0.2) is 18.2 Å². The molecule has 1 amide bonds. The molecule has 0 saturated carbocycles. The molecule has 3 radical (unpaired) electrons. The number of carbonyl (C=O) groups excluding carboxylic acids is 2. The Morgan fingerprint density at radius 2 is 1.65 bits per heavy atom. The van der Waals surface area contributed by atoms with Crippen molar-refractivity contribution in [2.45, 2.75) is 19.8 Å². The fourth-order valence-corrected chi connectivity index (χ4v) is 1.36. The van der Waals surface area contributed by atoms with Gasteiger partial charge in [-0.3, -0.25) is 0 Å². The van der Waals surface area contributed by atoms with Crippen molar-refractivity contribution >= 4 is 12.6 Å². The molecule has 0 bridgehead atoms. The van der Waals surface area contributed by atoms with E-state index in [2.05, 4.69) is 9.47 Å².